The van der Waals surface area contributed by atoms with Crippen molar-refractivity contribution < 1.29 is 8.42 Å². The smallest absolute Gasteiger partial charge is 0.214 e. The fourth-order valence-corrected chi connectivity index (χ4v) is 5.21. The van der Waals surface area contributed by atoms with E-state index in [1.54, 1.807) is 22.9 Å². The Balaban J connectivity index is 1.83. The fourth-order valence-electron chi connectivity index (χ4n) is 3.40. The van der Waals surface area contributed by atoms with Crippen LogP contribution in [0.2, 0.25) is 0 Å². The van der Waals surface area contributed by atoms with Crippen LogP contribution in [0, 0.1) is 5.92 Å². The first kappa shape index (κ1) is 14.7. The van der Waals surface area contributed by atoms with Crippen molar-refractivity contribution in [1.29, 1.82) is 0 Å². The predicted octanol–water partition coefficient (Wildman–Crippen LogP) is 1.12. The van der Waals surface area contributed by atoms with E-state index in [0.29, 0.717) is 18.9 Å². The predicted molar refractivity (Wildman–Crippen MR) is 81.5 cm³/mol. The van der Waals surface area contributed by atoms with Crippen molar-refractivity contribution in [3.8, 4) is 0 Å². The minimum Gasteiger partial charge on any atom is -0.353 e. The van der Waals surface area contributed by atoms with E-state index in [-0.39, 0.29) is 11.8 Å². The summed E-state index contributed by atoms with van der Waals surface area (Å²) in [5, 5.41) is 0. The number of rotatable bonds is 4. The number of fused-ring (bicyclic) bond motifs is 4. The summed E-state index contributed by atoms with van der Waals surface area (Å²) in [6, 6.07) is 0.0716. The molecule has 0 N–H and O–H groups in total. The summed E-state index contributed by atoms with van der Waals surface area (Å²) in [7, 11) is -3.12. The van der Waals surface area contributed by atoms with E-state index in [1.165, 1.54) is 0 Å². The van der Waals surface area contributed by atoms with Crippen molar-refractivity contribution in [2.45, 2.75) is 32.2 Å². The Kier molecular flexibility index (Phi) is 4.12. The summed E-state index contributed by atoms with van der Waals surface area (Å²) in [5.41, 5.74) is 0. The molecule has 2 bridgehead atoms. The summed E-state index contributed by atoms with van der Waals surface area (Å²) in [5.74, 6) is 1.49. The molecule has 0 spiro atoms. The monoisotopic (exact) mass is 310 g/mol. The highest BCUT2D eigenvalue weighted by molar-refractivity contribution is 7.89. The Morgan fingerprint density at radius 2 is 2.10 bits per heavy atom. The Morgan fingerprint density at radius 3 is 2.81 bits per heavy atom. The molecule has 0 aromatic carbocycles. The highest BCUT2D eigenvalue weighted by Crippen LogP contribution is 2.31. The largest absolute Gasteiger partial charge is 0.353 e. The SMILES string of the molecule is CCCS(=O)(=O)N1CC2CCC1CN(c1cnccn1)C2. The minimum absolute atomic E-state index is 0.0716. The lowest BCUT2D eigenvalue weighted by Crippen LogP contribution is -2.48. The molecule has 3 saturated heterocycles. The van der Waals surface area contributed by atoms with Gasteiger partial charge in [-0.3, -0.25) is 4.98 Å². The summed E-state index contributed by atoms with van der Waals surface area (Å²) < 4.78 is 26.7. The van der Waals surface area contributed by atoms with Crippen molar-refractivity contribution in [2.24, 2.45) is 5.92 Å². The molecule has 2 atom stereocenters. The lowest BCUT2D eigenvalue weighted by molar-refractivity contribution is 0.230. The van der Waals surface area contributed by atoms with Crippen LogP contribution in [0.3, 0.4) is 0 Å². The first-order chi connectivity index (χ1) is 10.1. The normalized spacial score (nSPS) is 26.8. The number of nitrogens with zero attached hydrogens (tertiary/aromatic N) is 4. The maximum absolute atomic E-state index is 12.5. The molecule has 1 aromatic rings. The number of hydrogen-bond acceptors (Lipinski definition) is 5. The van der Waals surface area contributed by atoms with Gasteiger partial charge in [-0.1, -0.05) is 6.92 Å². The maximum Gasteiger partial charge on any atom is 0.214 e. The van der Waals surface area contributed by atoms with Crippen LogP contribution in [0.1, 0.15) is 26.2 Å². The van der Waals surface area contributed by atoms with Crippen LogP contribution >= 0.6 is 0 Å². The van der Waals surface area contributed by atoms with Gasteiger partial charge in [0, 0.05) is 38.1 Å². The van der Waals surface area contributed by atoms with E-state index in [9.17, 15) is 8.42 Å². The lowest BCUT2D eigenvalue weighted by Gasteiger charge is -2.34. The molecule has 4 heterocycles. The molecule has 1 aromatic heterocycles. The van der Waals surface area contributed by atoms with Crippen LogP contribution in [-0.2, 0) is 10.0 Å². The van der Waals surface area contributed by atoms with Crippen molar-refractivity contribution in [3.05, 3.63) is 18.6 Å². The van der Waals surface area contributed by atoms with Gasteiger partial charge in [0.2, 0.25) is 10.0 Å². The van der Waals surface area contributed by atoms with Gasteiger partial charge in [0.25, 0.3) is 0 Å². The minimum atomic E-state index is -3.12. The third-order valence-electron chi connectivity index (χ3n) is 4.36. The Morgan fingerprint density at radius 1 is 1.24 bits per heavy atom. The molecule has 0 radical (unpaired) electrons. The van der Waals surface area contributed by atoms with Crippen LogP contribution < -0.4 is 4.90 Å². The van der Waals surface area contributed by atoms with Gasteiger partial charge in [-0.25, -0.2) is 13.4 Å². The zero-order valence-corrected chi connectivity index (χ0v) is 13.2. The van der Waals surface area contributed by atoms with E-state index in [4.69, 9.17) is 0 Å². The second-order valence-electron chi connectivity index (χ2n) is 5.95. The molecule has 2 unspecified atom stereocenters. The topological polar surface area (TPSA) is 66.4 Å². The first-order valence-electron chi connectivity index (χ1n) is 7.60. The average Bonchev–Trinajstić information content (AvgIpc) is 2.80. The molecule has 6 nitrogen and oxygen atoms in total. The van der Waals surface area contributed by atoms with Gasteiger partial charge < -0.3 is 4.90 Å². The molecule has 4 rings (SSSR count). The number of piperidine rings is 1. The van der Waals surface area contributed by atoms with Gasteiger partial charge in [-0.15, -0.1) is 0 Å². The fraction of sp³-hybridized carbons (Fsp3) is 0.714. The van der Waals surface area contributed by atoms with Gasteiger partial charge >= 0.3 is 0 Å². The van der Waals surface area contributed by atoms with Crippen LogP contribution in [0.4, 0.5) is 5.82 Å². The summed E-state index contributed by atoms with van der Waals surface area (Å²) in [6.07, 6.45) is 7.82. The first-order valence-corrected chi connectivity index (χ1v) is 9.21. The highest BCUT2D eigenvalue weighted by atomic mass is 32.2. The Hall–Kier alpha value is -1.21. The molecular formula is C14H22N4O2S. The highest BCUT2D eigenvalue weighted by Gasteiger charge is 2.40. The van der Waals surface area contributed by atoms with Gasteiger partial charge in [-0.2, -0.15) is 4.31 Å². The molecule has 3 fully saturated rings. The van der Waals surface area contributed by atoms with E-state index in [0.717, 1.165) is 31.7 Å². The van der Waals surface area contributed by atoms with Crippen LogP contribution in [0.15, 0.2) is 18.6 Å². The molecule has 0 saturated carbocycles. The van der Waals surface area contributed by atoms with Gasteiger partial charge in [-0.05, 0) is 25.2 Å². The lowest BCUT2D eigenvalue weighted by atomic mass is 9.97. The molecule has 116 valence electrons. The maximum atomic E-state index is 12.5. The van der Waals surface area contributed by atoms with Gasteiger partial charge in [0.15, 0.2) is 0 Å². The molecular weight excluding hydrogens is 288 g/mol. The molecule has 7 heteroatoms. The second kappa shape index (κ2) is 5.88. The van der Waals surface area contributed by atoms with E-state index < -0.39 is 10.0 Å². The second-order valence-corrected chi connectivity index (χ2v) is 7.99. The quantitative estimate of drug-likeness (QED) is 0.833. The molecule has 3 aliphatic heterocycles. The third-order valence-corrected chi connectivity index (χ3v) is 6.44. The third kappa shape index (κ3) is 3.03. The standard InChI is InChI=1S/C14H22N4O2S/c1-2-7-21(19,20)18-10-12-3-4-13(18)11-17(9-12)14-8-15-5-6-16-14/h5-6,8,12-13H,2-4,7,9-11H2,1H3. The van der Waals surface area contributed by atoms with Crippen LogP contribution in [0.5, 0.6) is 0 Å². The summed E-state index contributed by atoms with van der Waals surface area (Å²) >= 11 is 0. The zero-order valence-electron chi connectivity index (χ0n) is 12.4. The van der Waals surface area contributed by atoms with E-state index in [1.807, 2.05) is 6.92 Å². The number of sulfonamides is 1. The Bertz CT molecular complexity index is 578. The molecule has 3 aliphatic rings. The molecule has 0 amide bonds. The van der Waals surface area contributed by atoms with Gasteiger partial charge in [0.1, 0.15) is 5.82 Å². The number of anilines is 1. The van der Waals surface area contributed by atoms with Crippen molar-refractivity contribution in [3.63, 3.8) is 0 Å². The zero-order chi connectivity index (χ0) is 14.9. The summed E-state index contributed by atoms with van der Waals surface area (Å²) in [6.45, 7) is 4.16. The van der Waals surface area contributed by atoms with E-state index >= 15 is 0 Å². The average molecular weight is 310 g/mol. The molecule has 0 aliphatic carbocycles. The van der Waals surface area contributed by atoms with Crippen molar-refractivity contribution in [2.75, 3.05) is 30.3 Å². The Labute approximate surface area is 126 Å². The number of hydrogen-bond donors (Lipinski definition) is 0. The van der Waals surface area contributed by atoms with E-state index in [2.05, 4.69) is 14.9 Å². The van der Waals surface area contributed by atoms with Gasteiger partial charge in [0.05, 0.1) is 11.9 Å². The van der Waals surface area contributed by atoms with Crippen LogP contribution in [0.25, 0.3) is 0 Å². The summed E-state index contributed by atoms with van der Waals surface area (Å²) in [4.78, 5) is 10.7. The van der Waals surface area contributed by atoms with Crippen molar-refractivity contribution >= 4 is 15.8 Å². The van der Waals surface area contributed by atoms with Crippen molar-refractivity contribution in [1.82, 2.24) is 14.3 Å². The number of aromatic nitrogens is 2. The van der Waals surface area contributed by atoms with Crippen LogP contribution in [-0.4, -0.2) is 54.1 Å². The molecule has 21 heavy (non-hydrogen) atoms.